The summed E-state index contributed by atoms with van der Waals surface area (Å²) in [5.41, 5.74) is 2.43. The van der Waals surface area contributed by atoms with Crippen molar-refractivity contribution in [3.63, 3.8) is 0 Å². The number of hydrogen-bond donors (Lipinski definition) is 1. The Kier molecular flexibility index (Phi) is 6.17. The highest BCUT2D eigenvalue weighted by Crippen LogP contribution is 2.30. The molecule has 170 valence electrons. The number of pyridine rings is 1. The van der Waals surface area contributed by atoms with Gasteiger partial charge in [-0.15, -0.1) is 5.10 Å². The molecule has 0 aliphatic carbocycles. The molecule has 2 aromatic heterocycles. The van der Waals surface area contributed by atoms with Crippen molar-refractivity contribution in [3.8, 4) is 5.75 Å². The summed E-state index contributed by atoms with van der Waals surface area (Å²) >= 11 is 0. The molecule has 1 aliphatic heterocycles. The molecule has 0 amide bonds. The molecule has 5 rings (SSSR count). The summed E-state index contributed by atoms with van der Waals surface area (Å²) < 4.78 is 7.22. The van der Waals surface area contributed by atoms with Gasteiger partial charge in [0, 0.05) is 16.5 Å². The molecule has 0 spiro atoms. The number of methoxy groups -OCH3 is 1. The Morgan fingerprint density at radius 2 is 1.82 bits per heavy atom. The second-order valence-electron chi connectivity index (χ2n) is 8.54. The van der Waals surface area contributed by atoms with E-state index in [4.69, 9.17) is 4.74 Å². The fourth-order valence-electron chi connectivity index (χ4n) is 4.66. The first-order valence-corrected chi connectivity index (χ1v) is 11.5. The molecule has 33 heavy (non-hydrogen) atoms. The molecule has 0 radical (unpaired) electrons. The zero-order valence-corrected chi connectivity index (χ0v) is 18.8. The van der Waals surface area contributed by atoms with Crippen LogP contribution in [0.1, 0.15) is 48.7 Å². The number of likely N-dealkylation sites (tertiary alicyclic amines) is 1. The van der Waals surface area contributed by atoms with E-state index < -0.39 is 0 Å². The minimum Gasteiger partial charge on any atom is -0.497 e. The van der Waals surface area contributed by atoms with Crippen molar-refractivity contribution in [1.29, 1.82) is 0 Å². The van der Waals surface area contributed by atoms with Gasteiger partial charge in [-0.2, -0.15) is 0 Å². The number of H-pyrrole nitrogens is 1. The van der Waals surface area contributed by atoms with Crippen LogP contribution in [-0.2, 0) is 6.54 Å². The van der Waals surface area contributed by atoms with Crippen molar-refractivity contribution in [2.45, 2.75) is 38.3 Å². The van der Waals surface area contributed by atoms with Gasteiger partial charge in [0.15, 0.2) is 5.82 Å². The molecule has 0 saturated carbocycles. The lowest BCUT2D eigenvalue weighted by molar-refractivity contribution is 0.220. The molecule has 1 fully saturated rings. The maximum Gasteiger partial charge on any atom is 0.253 e. The van der Waals surface area contributed by atoms with E-state index in [0.29, 0.717) is 17.9 Å². The van der Waals surface area contributed by atoms with Gasteiger partial charge in [0.2, 0.25) is 0 Å². The molecule has 1 atom stereocenters. The molecule has 1 aliphatic rings. The van der Waals surface area contributed by atoms with Gasteiger partial charge in [0.1, 0.15) is 11.8 Å². The summed E-state index contributed by atoms with van der Waals surface area (Å²) in [7, 11) is 1.64. The third-order valence-electron chi connectivity index (χ3n) is 6.36. The lowest BCUT2D eigenvalue weighted by atomic mass is 10.0. The van der Waals surface area contributed by atoms with Crippen LogP contribution in [0.3, 0.4) is 0 Å². The van der Waals surface area contributed by atoms with Gasteiger partial charge in [-0.3, -0.25) is 9.69 Å². The number of aromatic nitrogens is 5. The topological polar surface area (TPSA) is 88.9 Å². The van der Waals surface area contributed by atoms with Crippen LogP contribution in [0.4, 0.5) is 0 Å². The fourth-order valence-corrected chi connectivity index (χ4v) is 4.66. The Morgan fingerprint density at radius 3 is 2.58 bits per heavy atom. The third-order valence-corrected chi connectivity index (χ3v) is 6.36. The second kappa shape index (κ2) is 9.54. The molecule has 1 N–H and O–H groups in total. The van der Waals surface area contributed by atoms with Crippen LogP contribution >= 0.6 is 0 Å². The van der Waals surface area contributed by atoms with Crippen LogP contribution in [-0.4, -0.2) is 50.3 Å². The summed E-state index contributed by atoms with van der Waals surface area (Å²) in [5.74, 6) is 1.44. The summed E-state index contributed by atoms with van der Waals surface area (Å²) in [6.45, 7) is 2.35. The predicted molar refractivity (Wildman–Crippen MR) is 126 cm³/mol. The number of hydrogen-bond acceptors (Lipinski definition) is 6. The Morgan fingerprint density at radius 1 is 1.03 bits per heavy atom. The van der Waals surface area contributed by atoms with Gasteiger partial charge in [-0.1, -0.05) is 43.2 Å². The van der Waals surface area contributed by atoms with Crippen molar-refractivity contribution in [2.24, 2.45) is 0 Å². The summed E-state index contributed by atoms with van der Waals surface area (Å²) in [6, 6.07) is 17.4. The SMILES string of the molecule is COc1ccc2[nH]c(=O)c([C@@H](c3nnnn3Cc3ccccc3)N3CCCCCC3)cc2c1. The number of nitrogens with zero attached hydrogens (tertiary/aromatic N) is 5. The average molecular weight is 445 g/mol. The minimum atomic E-state index is -0.332. The van der Waals surface area contributed by atoms with Crippen molar-refractivity contribution < 1.29 is 4.74 Å². The number of nitrogens with one attached hydrogen (secondary N) is 1. The minimum absolute atomic E-state index is 0.115. The number of aromatic amines is 1. The van der Waals surface area contributed by atoms with E-state index in [1.807, 2.05) is 47.1 Å². The highest BCUT2D eigenvalue weighted by atomic mass is 16.5. The number of benzene rings is 2. The first-order valence-electron chi connectivity index (χ1n) is 11.5. The molecule has 2 aromatic carbocycles. The lowest BCUT2D eigenvalue weighted by Crippen LogP contribution is -2.36. The first-order chi connectivity index (χ1) is 16.2. The number of ether oxygens (including phenoxy) is 1. The zero-order valence-electron chi connectivity index (χ0n) is 18.8. The molecule has 0 unspecified atom stereocenters. The van der Waals surface area contributed by atoms with Crippen molar-refractivity contribution >= 4 is 10.9 Å². The van der Waals surface area contributed by atoms with Gasteiger partial charge in [-0.05, 0) is 66.2 Å². The lowest BCUT2D eigenvalue weighted by Gasteiger charge is -2.29. The maximum atomic E-state index is 13.3. The van der Waals surface area contributed by atoms with E-state index in [-0.39, 0.29) is 11.6 Å². The number of tetrazole rings is 1. The van der Waals surface area contributed by atoms with E-state index in [1.165, 1.54) is 12.8 Å². The van der Waals surface area contributed by atoms with Gasteiger partial charge < -0.3 is 9.72 Å². The van der Waals surface area contributed by atoms with Gasteiger partial charge >= 0.3 is 0 Å². The van der Waals surface area contributed by atoms with E-state index in [1.54, 1.807) is 7.11 Å². The zero-order chi connectivity index (χ0) is 22.6. The van der Waals surface area contributed by atoms with Crippen molar-refractivity contribution in [1.82, 2.24) is 30.1 Å². The van der Waals surface area contributed by atoms with Crippen molar-refractivity contribution in [3.05, 3.63) is 81.9 Å². The van der Waals surface area contributed by atoms with Crippen LogP contribution in [0.15, 0.2) is 59.4 Å². The molecule has 8 nitrogen and oxygen atoms in total. The van der Waals surface area contributed by atoms with Gasteiger partial charge in [-0.25, -0.2) is 4.68 Å². The Labute approximate surface area is 192 Å². The predicted octanol–water partition coefficient (Wildman–Crippen LogP) is 3.54. The van der Waals surface area contributed by atoms with Crippen LogP contribution in [0, 0.1) is 0 Å². The number of fused-ring (bicyclic) bond motifs is 1. The van der Waals surface area contributed by atoms with Gasteiger partial charge in [0.25, 0.3) is 5.56 Å². The van der Waals surface area contributed by atoms with E-state index in [9.17, 15) is 4.79 Å². The van der Waals surface area contributed by atoms with Crippen molar-refractivity contribution in [2.75, 3.05) is 20.2 Å². The molecule has 8 heteroatoms. The maximum absolute atomic E-state index is 13.3. The highest BCUT2D eigenvalue weighted by molar-refractivity contribution is 5.80. The average Bonchev–Trinajstić information content (AvgIpc) is 3.11. The molecule has 3 heterocycles. The second-order valence-corrected chi connectivity index (χ2v) is 8.54. The van der Waals surface area contributed by atoms with E-state index in [0.717, 1.165) is 48.1 Å². The standard InChI is InChI=1S/C25H28N6O2/c1-33-20-11-12-22-19(15-20)16-21(25(32)26-22)23(30-13-7-2-3-8-14-30)24-27-28-29-31(24)17-18-9-5-4-6-10-18/h4-6,9-12,15-16,23H,2-3,7-8,13-14,17H2,1H3,(H,26,32)/t23-/m0/s1. The molecular formula is C25H28N6O2. The van der Waals surface area contributed by atoms with Crippen LogP contribution < -0.4 is 10.3 Å². The molecular weight excluding hydrogens is 416 g/mol. The van der Waals surface area contributed by atoms with Crippen LogP contribution in [0.2, 0.25) is 0 Å². The fraction of sp³-hybridized carbons (Fsp3) is 0.360. The summed E-state index contributed by atoms with van der Waals surface area (Å²) in [6.07, 6.45) is 4.58. The monoisotopic (exact) mass is 444 g/mol. The summed E-state index contributed by atoms with van der Waals surface area (Å²) in [5, 5.41) is 13.7. The smallest absolute Gasteiger partial charge is 0.253 e. The Balaban J connectivity index is 1.63. The van der Waals surface area contributed by atoms with Gasteiger partial charge in [0.05, 0.1) is 13.7 Å². The molecule has 0 bridgehead atoms. The first kappa shape index (κ1) is 21.3. The highest BCUT2D eigenvalue weighted by Gasteiger charge is 2.30. The van der Waals surface area contributed by atoms with E-state index in [2.05, 4.69) is 37.5 Å². The summed E-state index contributed by atoms with van der Waals surface area (Å²) in [4.78, 5) is 18.7. The normalized spacial score (nSPS) is 15.9. The van der Waals surface area contributed by atoms with Crippen LogP contribution in [0.5, 0.6) is 5.75 Å². The molecule has 4 aromatic rings. The largest absolute Gasteiger partial charge is 0.497 e. The number of rotatable bonds is 6. The van der Waals surface area contributed by atoms with E-state index >= 15 is 0 Å². The van der Waals surface area contributed by atoms with Crippen LogP contribution in [0.25, 0.3) is 10.9 Å². The quantitative estimate of drug-likeness (QED) is 0.489. The Bertz CT molecular complexity index is 1280. The third kappa shape index (κ3) is 4.52. The molecule has 1 saturated heterocycles. The Hall–Kier alpha value is -3.52.